The predicted molar refractivity (Wildman–Crippen MR) is 56.4 cm³/mol. The number of aromatic nitrogens is 1. The summed E-state index contributed by atoms with van der Waals surface area (Å²) in [4.78, 5) is 15.2. The molecule has 4 nitrogen and oxygen atoms in total. The second-order valence-electron chi connectivity index (χ2n) is 3.23. The molecule has 6 heteroatoms. The van der Waals surface area contributed by atoms with Gasteiger partial charge in [-0.3, -0.25) is 0 Å². The first-order valence-electron chi connectivity index (χ1n) is 5.02. The number of rotatable bonds is 4. The second-order valence-corrected chi connectivity index (χ2v) is 3.23. The summed E-state index contributed by atoms with van der Waals surface area (Å²) in [6.45, 7) is 3.23. The van der Waals surface area contributed by atoms with E-state index in [1.807, 2.05) is 0 Å². The smallest absolute Gasteiger partial charge is 0.340 e. The molecule has 0 amide bonds. The molecule has 1 rings (SSSR count). The van der Waals surface area contributed by atoms with E-state index < -0.39 is 18.1 Å². The van der Waals surface area contributed by atoms with Crippen LogP contribution in [-0.2, 0) is 4.74 Å². The maximum Gasteiger partial charge on any atom is 0.340 e. The van der Waals surface area contributed by atoms with Gasteiger partial charge in [0.1, 0.15) is 11.4 Å². The van der Waals surface area contributed by atoms with Crippen LogP contribution in [0, 0.1) is 6.92 Å². The van der Waals surface area contributed by atoms with Crippen molar-refractivity contribution in [1.29, 1.82) is 0 Å². The molecule has 0 aliphatic heterocycles. The Kier molecular flexibility index (Phi) is 4.37. The van der Waals surface area contributed by atoms with Gasteiger partial charge in [-0.05, 0) is 19.9 Å². The van der Waals surface area contributed by atoms with Crippen molar-refractivity contribution < 1.29 is 23.0 Å². The third-order valence-electron chi connectivity index (χ3n) is 2.12. The Morgan fingerprint density at radius 1 is 1.53 bits per heavy atom. The van der Waals surface area contributed by atoms with Crippen LogP contribution in [-0.4, -0.2) is 24.7 Å². The lowest BCUT2D eigenvalue weighted by Crippen LogP contribution is -2.11. The fourth-order valence-electron chi connectivity index (χ4n) is 1.35. The van der Waals surface area contributed by atoms with Crippen molar-refractivity contribution in [1.82, 2.24) is 4.98 Å². The third kappa shape index (κ3) is 2.89. The Hall–Kier alpha value is -1.72. The van der Waals surface area contributed by atoms with E-state index in [4.69, 9.17) is 9.47 Å². The third-order valence-corrected chi connectivity index (χ3v) is 2.12. The molecule has 0 N–H and O–H groups in total. The van der Waals surface area contributed by atoms with Crippen molar-refractivity contribution in [2.24, 2.45) is 0 Å². The highest BCUT2D eigenvalue weighted by Crippen LogP contribution is 2.27. The highest BCUT2D eigenvalue weighted by molar-refractivity contribution is 5.91. The van der Waals surface area contributed by atoms with Gasteiger partial charge in [-0.1, -0.05) is 0 Å². The Balaban J connectivity index is 3.28. The van der Waals surface area contributed by atoms with Crippen LogP contribution in [0.3, 0.4) is 0 Å². The van der Waals surface area contributed by atoms with Gasteiger partial charge in [0, 0.05) is 0 Å². The fourth-order valence-corrected chi connectivity index (χ4v) is 1.35. The minimum absolute atomic E-state index is 0.109. The zero-order valence-corrected chi connectivity index (χ0v) is 9.79. The van der Waals surface area contributed by atoms with Crippen molar-refractivity contribution in [2.75, 3.05) is 13.7 Å². The SMILES string of the molecule is CCOC(=O)c1cc(OC)c(C)nc1C(F)F. The fraction of sp³-hybridized carbons (Fsp3) is 0.455. The van der Waals surface area contributed by atoms with Gasteiger partial charge < -0.3 is 9.47 Å². The van der Waals surface area contributed by atoms with Crippen molar-refractivity contribution >= 4 is 5.97 Å². The van der Waals surface area contributed by atoms with E-state index in [0.717, 1.165) is 0 Å². The van der Waals surface area contributed by atoms with Gasteiger partial charge in [-0.2, -0.15) is 0 Å². The molecule has 17 heavy (non-hydrogen) atoms. The van der Waals surface area contributed by atoms with Crippen molar-refractivity contribution in [3.8, 4) is 5.75 Å². The minimum atomic E-state index is -2.83. The summed E-state index contributed by atoms with van der Waals surface area (Å²) in [6, 6.07) is 1.22. The maximum absolute atomic E-state index is 12.7. The normalized spacial score (nSPS) is 10.5. The standard InChI is InChI=1S/C11H13F2NO3/c1-4-17-11(15)7-5-8(16-3)6(2)14-9(7)10(12)13/h5,10H,4H2,1-3H3. The number of ether oxygens (including phenoxy) is 2. The van der Waals surface area contributed by atoms with E-state index in [0.29, 0.717) is 5.69 Å². The largest absolute Gasteiger partial charge is 0.495 e. The molecule has 0 fully saturated rings. The van der Waals surface area contributed by atoms with E-state index in [1.165, 1.54) is 20.1 Å². The van der Waals surface area contributed by atoms with Gasteiger partial charge in [-0.15, -0.1) is 0 Å². The number of hydrogen-bond donors (Lipinski definition) is 0. The molecule has 1 aromatic rings. The number of hydrogen-bond acceptors (Lipinski definition) is 4. The lowest BCUT2D eigenvalue weighted by atomic mass is 10.1. The number of aryl methyl sites for hydroxylation is 1. The Morgan fingerprint density at radius 3 is 2.65 bits per heavy atom. The average Bonchev–Trinajstić information content (AvgIpc) is 2.28. The van der Waals surface area contributed by atoms with Crippen LogP contribution >= 0.6 is 0 Å². The van der Waals surface area contributed by atoms with Crippen molar-refractivity contribution in [3.05, 3.63) is 23.0 Å². The summed E-state index contributed by atoms with van der Waals surface area (Å²) in [7, 11) is 1.38. The topological polar surface area (TPSA) is 48.4 Å². The maximum atomic E-state index is 12.7. The molecule has 0 radical (unpaired) electrons. The molecule has 1 heterocycles. The number of esters is 1. The van der Waals surface area contributed by atoms with Gasteiger partial charge >= 0.3 is 5.97 Å². The summed E-state index contributed by atoms with van der Waals surface area (Å²) in [6.07, 6.45) is -2.83. The van der Waals surface area contributed by atoms with Crippen molar-refractivity contribution in [2.45, 2.75) is 20.3 Å². The van der Waals surface area contributed by atoms with Crippen LogP contribution in [0.25, 0.3) is 0 Å². The van der Waals surface area contributed by atoms with Crippen LogP contribution in [0.2, 0.25) is 0 Å². The Morgan fingerprint density at radius 2 is 2.18 bits per heavy atom. The van der Waals surface area contributed by atoms with Crippen LogP contribution in [0.4, 0.5) is 8.78 Å². The van der Waals surface area contributed by atoms with Gasteiger partial charge in [-0.25, -0.2) is 18.6 Å². The molecule has 0 aliphatic rings. The summed E-state index contributed by atoms with van der Waals surface area (Å²) in [5.41, 5.74) is -0.540. The van der Waals surface area contributed by atoms with E-state index in [2.05, 4.69) is 4.98 Å². The molecule has 94 valence electrons. The number of pyridine rings is 1. The summed E-state index contributed by atoms with van der Waals surface area (Å²) in [5.74, 6) is -0.550. The molecule has 0 atom stereocenters. The number of halogens is 2. The summed E-state index contributed by atoms with van der Waals surface area (Å²) >= 11 is 0. The Labute approximate surface area is 97.6 Å². The summed E-state index contributed by atoms with van der Waals surface area (Å²) in [5, 5.41) is 0. The summed E-state index contributed by atoms with van der Waals surface area (Å²) < 4.78 is 35.1. The molecule has 0 spiro atoms. The molecule has 0 saturated heterocycles. The molecule has 0 aromatic carbocycles. The van der Waals surface area contributed by atoms with Crippen LogP contribution < -0.4 is 4.74 Å². The highest BCUT2D eigenvalue weighted by Gasteiger charge is 2.23. The highest BCUT2D eigenvalue weighted by atomic mass is 19.3. The van der Waals surface area contributed by atoms with Crippen LogP contribution in [0.5, 0.6) is 5.75 Å². The lowest BCUT2D eigenvalue weighted by Gasteiger charge is -2.11. The van der Waals surface area contributed by atoms with Crippen molar-refractivity contribution in [3.63, 3.8) is 0 Å². The molecular weight excluding hydrogens is 232 g/mol. The van der Waals surface area contributed by atoms with E-state index >= 15 is 0 Å². The number of carbonyl (C=O) groups excluding carboxylic acids is 1. The van der Waals surface area contributed by atoms with Gasteiger partial charge in [0.15, 0.2) is 0 Å². The number of carbonyl (C=O) groups is 1. The van der Waals surface area contributed by atoms with Gasteiger partial charge in [0.05, 0.1) is 25.0 Å². The quantitative estimate of drug-likeness (QED) is 0.765. The molecule has 0 aliphatic carbocycles. The average molecular weight is 245 g/mol. The van der Waals surface area contributed by atoms with Gasteiger partial charge in [0.25, 0.3) is 6.43 Å². The number of methoxy groups -OCH3 is 1. The van der Waals surface area contributed by atoms with E-state index in [1.54, 1.807) is 6.92 Å². The predicted octanol–water partition coefficient (Wildman–Crippen LogP) is 2.51. The number of alkyl halides is 2. The van der Waals surface area contributed by atoms with E-state index in [9.17, 15) is 13.6 Å². The van der Waals surface area contributed by atoms with Gasteiger partial charge in [0.2, 0.25) is 0 Å². The first-order valence-corrected chi connectivity index (χ1v) is 5.02. The Bertz CT molecular complexity index is 421. The minimum Gasteiger partial charge on any atom is -0.495 e. The second kappa shape index (κ2) is 5.56. The van der Waals surface area contributed by atoms with Crippen LogP contribution in [0.1, 0.15) is 35.1 Å². The van der Waals surface area contributed by atoms with Crippen LogP contribution in [0.15, 0.2) is 6.07 Å². The van der Waals surface area contributed by atoms with E-state index in [-0.39, 0.29) is 17.9 Å². The zero-order chi connectivity index (χ0) is 13.0. The first-order chi connectivity index (χ1) is 8.01. The first kappa shape index (κ1) is 13.3. The molecule has 0 saturated carbocycles. The molecule has 0 unspecified atom stereocenters. The molecule has 1 aromatic heterocycles. The molecule has 0 bridgehead atoms. The molecular formula is C11H13F2NO3. The monoisotopic (exact) mass is 245 g/mol. The number of nitrogens with zero attached hydrogens (tertiary/aromatic N) is 1. The zero-order valence-electron chi connectivity index (χ0n) is 9.79. The lowest BCUT2D eigenvalue weighted by molar-refractivity contribution is 0.0513.